The molecule has 1 fully saturated rings. The molecule has 152 valence electrons. The van der Waals surface area contributed by atoms with Crippen molar-refractivity contribution in [2.75, 3.05) is 6.54 Å². The Balaban J connectivity index is 1.56. The predicted octanol–water partition coefficient (Wildman–Crippen LogP) is 4.60. The highest BCUT2D eigenvalue weighted by atomic mass is 19.4. The summed E-state index contributed by atoms with van der Waals surface area (Å²) in [4.78, 5) is 18.7. The van der Waals surface area contributed by atoms with Gasteiger partial charge in [0.1, 0.15) is 5.82 Å². The molecule has 1 amide bonds. The number of amides is 1. The van der Waals surface area contributed by atoms with Crippen LogP contribution in [0.2, 0.25) is 0 Å². The van der Waals surface area contributed by atoms with Crippen LogP contribution in [0.1, 0.15) is 40.3 Å². The van der Waals surface area contributed by atoms with Gasteiger partial charge in [0.25, 0.3) is 5.91 Å². The molecule has 4 rings (SSSR count). The number of carbonyl (C=O) groups excluding carboxylic acids is 1. The van der Waals surface area contributed by atoms with Crippen molar-refractivity contribution in [2.45, 2.75) is 32.1 Å². The van der Waals surface area contributed by atoms with Gasteiger partial charge in [-0.2, -0.15) is 13.2 Å². The van der Waals surface area contributed by atoms with Crippen molar-refractivity contribution < 1.29 is 22.4 Å². The number of hydrogen-bond donors (Lipinski definition) is 0. The molecule has 0 unspecified atom stereocenters. The molecular formula is C21H20F3N3O2. The van der Waals surface area contributed by atoms with E-state index in [1.165, 1.54) is 24.6 Å². The normalized spacial score (nSPS) is 14.2. The third kappa shape index (κ3) is 4.52. The topological polar surface area (TPSA) is 51.3 Å². The Labute approximate surface area is 165 Å². The molecule has 0 atom stereocenters. The summed E-state index contributed by atoms with van der Waals surface area (Å²) < 4.78 is 46.8. The molecule has 1 aliphatic carbocycles. The van der Waals surface area contributed by atoms with Crippen LogP contribution in [0.4, 0.5) is 13.2 Å². The Kier molecular flexibility index (Phi) is 5.17. The summed E-state index contributed by atoms with van der Waals surface area (Å²) >= 11 is 0. The van der Waals surface area contributed by atoms with E-state index in [9.17, 15) is 18.0 Å². The van der Waals surface area contributed by atoms with Gasteiger partial charge >= 0.3 is 6.18 Å². The van der Waals surface area contributed by atoms with E-state index in [0.717, 1.165) is 18.9 Å². The summed E-state index contributed by atoms with van der Waals surface area (Å²) in [5.74, 6) is 0.976. The van der Waals surface area contributed by atoms with E-state index in [1.807, 2.05) is 0 Å². The van der Waals surface area contributed by atoms with Gasteiger partial charge in [0.15, 0.2) is 5.76 Å². The minimum atomic E-state index is -4.43. The first-order chi connectivity index (χ1) is 13.9. The van der Waals surface area contributed by atoms with E-state index < -0.39 is 11.7 Å². The van der Waals surface area contributed by atoms with E-state index in [0.29, 0.717) is 18.3 Å². The van der Waals surface area contributed by atoms with Gasteiger partial charge in [0, 0.05) is 25.5 Å². The molecule has 0 radical (unpaired) electrons. The average Bonchev–Trinajstić information content (AvgIpc) is 3.15. The van der Waals surface area contributed by atoms with E-state index in [4.69, 9.17) is 4.42 Å². The lowest BCUT2D eigenvalue weighted by Gasteiger charge is -2.22. The summed E-state index contributed by atoms with van der Waals surface area (Å²) in [7, 11) is 0. The van der Waals surface area contributed by atoms with Crippen LogP contribution in [0.25, 0.3) is 0 Å². The molecule has 1 aromatic carbocycles. The van der Waals surface area contributed by atoms with Crippen LogP contribution in [0, 0.1) is 5.92 Å². The van der Waals surface area contributed by atoms with Gasteiger partial charge in [-0.1, -0.05) is 18.2 Å². The van der Waals surface area contributed by atoms with Crippen molar-refractivity contribution >= 4 is 5.91 Å². The number of alkyl halides is 3. The first-order valence-corrected chi connectivity index (χ1v) is 9.39. The second-order valence-corrected chi connectivity index (χ2v) is 7.23. The lowest BCUT2D eigenvalue weighted by Crippen LogP contribution is -2.33. The van der Waals surface area contributed by atoms with Gasteiger partial charge in [-0.3, -0.25) is 4.79 Å². The fraction of sp³-hybridized carbons (Fsp3) is 0.333. The summed E-state index contributed by atoms with van der Waals surface area (Å²) in [6, 6.07) is 8.75. The van der Waals surface area contributed by atoms with Crippen LogP contribution in [0.5, 0.6) is 0 Å². The highest BCUT2D eigenvalue weighted by Crippen LogP contribution is 2.33. The molecule has 29 heavy (non-hydrogen) atoms. The fourth-order valence-electron chi connectivity index (χ4n) is 3.31. The van der Waals surface area contributed by atoms with Gasteiger partial charge in [-0.05, 0) is 42.5 Å². The highest BCUT2D eigenvalue weighted by molar-refractivity contribution is 5.91. The summed E-state index contributed by atoms with van der Waals surface area (Å²) in [6.07, 6.45) is 2.32. The van der Waals surface area contributed by atoms with Crippen molar-refractivity contribution in [3.8, 4) is 0 Å². The Morgan fingerprint density at radius 2 is 2.00 bits per heavy atom. The van der Waals surface area contributed by atoms with Crippen LogP contribution in [0.3, 0.4) is 0 Å². The standard InChI is InChI=1S/C21H20F3N3O2/c22-21(23,24)17-5-2-1-4-16(17)13-26-10-9-25-19(26)14-27(12-15-7-8-15)20(28)18-6-3-11-29-18/h1-6,9-11,15H,7-8,12-14H2. The maximum absolute atomic E-state index is 13.3. The molecule has 1 saturated carbocycles. The molecule has 3 aromatic rings. The number of halogens is 3. The van der Waals surface area contributed by atoms with Crippen molar-refractivity contribution in [3.63, 3.8) is 0 Å². The van der Waals surface area contributed by atoms with Crippen LogP contribution < -0.4 is 0 Å². The molecule has 0 N–H and O–H groups in total. The minimum Gasteiger partial charge on any atom is -0.459 e. The number of carbonyl (C=O) groups is 1. The van der Waals surface area contributed by atoms with Gasteiger partial charge < -0.3 is 13.9 Å². The quantitative estimate of drug-likeness (QED) is 0.580. The number of rotatable bonds is 7. The molecular weight excluding hydrogens is 383 g/mol. The molecule has 0 spiro atoms. The lowest BCUT2D eigenvalue weighted by atomic mass is 10.1. The zero-order valence-electron chi connectivity index (χ0n) is 15.6. The predicted molar refractivity (Wildman–Crippen MR) is 98.9 cm³/mol. The maximum atomic E-state index is 13.3. The molecule has 1 aliphatic rings. The SMILES string of the molecule is O=C(c1ccco1)N(Cc1nccn1Cc1ccccc1C(F)(F)F)CC1CC1. The first kappa shape index (κ1) is 19.3. The van der Waals surface area contributed by atoms with Crippen LogP contribution in [-0.4, -0.2) is 26.9 Å². The van der Waals surface area contributed by atoms with E-state index >= 15 is 0 Å². The van der Waals surface area contributed by atoms with Crippen LogP contribution in [0.15, 0.2) is 59.5 Å². The monoisotopic (exact) mass is 403 g/mol. The van der Waals surface area contributed by atoms with Crippen molar-refractivity contribution in [3.05, 3.63) is 77.8 Å². The van der Waals surface area contributed by atoms with E-state index in [1.54, 1.807) is 33.9 Å². The van der Waals surface area contributed by atoms with Crippen molar-refractivity contribution in [1.82, 2.24) is 14.5 Å². The zero-order valence-corrected chi connectivity index (χ0v) is 15.6. The second kappa shape index (κ2) is 7.77. The fourth-order valence-corrected chi connectivity index (χ4v) is 3.31. The van der Waals surface area contributed by atoms with Crippen LogP contribution >= 0.6 is 0 Å². The molecule has 2 heterocycles. The molecule has 2 aromatic heterocycles. The smallest absolute Gasteiger partial charge is 0.416 e. The second-order valence-electron chi connectivity index (χ2n) is 7.23. The number of nitrogens with zero attached hydrogens (tertiary/aromatic N) is 3. The molecule has 0 aliphatic heterocycles. The minimum absolute atomic E-state index is 0.0250. The summed E-state index contributed by atoms with van der Waals surface area (Å²) in [5, 5.41) is 0. The van der Waals surface area contributed by atoms with Gasteiger partial charge in [-0.25, -0.2) is 4.98 Å². The maximum Gasteiger partial charge on any atom is 0.416 e. The lowest BCUT2D eigenvalue weighted by molar-refractivity contribution is -0.138. The Morgan fingerprint density at radius 3 is 2.69 bits per heavy atom. The summed E-state index contributed by atoms with van der Waals surface area (Å²) in [6.45, 7) is 0.806. The van der Waals surface area contributed by atoms with E-state index in [-0.39, 0.29) is 30.3 Å². The third-order valence-electron chi connectivity index (χ3n) is 4.99. The highest BCUT2D eigenvalue weighted by Gasteiger charge is 2.33. The number of hydrogen-bond acceptors (Lipinski definition) is 3. The van der Waals surface area contributed by atoms with Gasteiger partial charge in [0.2, 0.25) is 0 Å². The van der Waals surface area contributed by atoms with E-state index in [2.05, 4.69) is 4.98 Å². The average molecular weight is 403 g/mol. The van der Waals surface area contributed by atoms with Crippen LogP contribution in [-0.2, 0) is 19.3 Å². The number of imidazole rings is 1. The largest absolute Gasteiger partial charge is 0.459 e. The number of furan rings is 1. The van der Waals surface area contributed by atoms with Gasteiger partial charge in [-0.15, -0.1) is 0 Å². The first-order valence-electron chi connectivity index (χ1n) is 9.39. The summed E-state index contributed by atoms with van der Waals surface area (Å²) in [5.41, 5.74) is -0.508. The zero-order chi connectivity index (χ0) is 20.4. The van der Waals surface area contributed by atoms with Gasteiger partial charge in [0.05, 0.1) is 18.4 Å². The molecule has 8 heteroatoms. The third-order valence-corrected chi connectivity index (χ3v) is 4.99. The number of aromatic nitrogens is 2. The Hall–Kier alpha value is -3.03. The van der Waals surface area contributed by atoms with Crippen molar-refractivity contribution in [1.29, 1.82) is 0 Å². The molecule has 5 nitrogen and oxygen atoms in total. The molecule has 0 saturated heterocycles. The molecule has 0 bridgehead atoms. The Morgan fingerprint density at radius 1 is 1.21 bits per heavy atom. The van der Waals surface area contributed by atoms with Crippen molar-refractivity contribution in [2.24, 2.45) is 5.92 Å². The Bertz CT molecular complexity index is 975. The number of benzene rings is 1.